The molecule has 1 aliphatic rings. The van der Waals surface area contributed by atoms with E-state index in [1.807, 2.05) is 18.2 Å². The van der Waals surface area contributed by atoms with E-state index < -0.39 is 0 Å². The molecule has 5 rings (SSSR count). The Kier molecular flexibility index (Phi) is 6.63. The minimum Gasteiger partial charge on any atom is -0.493 e. The van der Waals surface area contributed by atoms with Gasteiger partial charge in [-0.05, 0) is 42.5 Å². The third-order valence-electron chi connectivity index (χ3n) is 5.78. The van der Waals surface area contributed by atoms with Crippen LogP contribution in [0.25, 0.3) is 22.1 Å². The third kappa shape index (κ3) is 4.63. The summed E-state index contributed by atoms with van der Waals surface area (Å²) in [5.74, 6) is 3.81. The minimum atomic E-state index is 0.429. The molecule has 33 heavy (non-hydrogen) atoms. The van der Waals surface area contributed by atoms with E-state index in [2.05, 4.69) is 42.4 Å². The molecule has 0 radical (unpaired) electrons. The number of hydrogen-bond donors (Lipinski definition) is 0. The molecule has 172 valence electrons. The lowest BCUT2D eigenvalue weighted by Crippen LogP contribution is -2.15. The Morgan fingerprint density at radius 3 is 2.70 bits per heavy atom. The second-order valence-corrected chi connectivity index (χ2v) is 9.71. The molecule has 0 saturated heterocycles. The molecule has 1 aliphatic carbocycles. The Morgan fingerprint density at radius 2 is 1.94 bits per heavy atom. The van der Waals surface area contributed by atoms with E-state index in [0.29, 0.717) is 35.0 Å². The predicted octanol–water partition coefficient (Wildman–Crippen LogP) is 5.87. The SMILES string of the molecule is COc1ccc(-c2noc(CSc3nnc(-c4cccs4)n3C3CCCCC3)n2)cc1OC. The fraction of sp³-hybridized carbons (Fsp3) is 0.391. The van der Waals surface area contributed by atoms with E-state index in [0.717, 1.165) is 34.3 Å². The first-order chi connectivity index (χ1) is 16.3. The Bertz CT molecular complexity index is 1200. The van der Waals surface area contributed by atoms with Crippen LogP contribution in [-0.2, 0) is 5.75 Å². The van der Waals surface area contributed by atoms with Gasteiger partial charge >= 0.3 is 0 Å². The van der Waals surface area contributed by atoms with Crippen molar-refractivity contribution in [1.29, 1.82) is 0 Å². The first-order valence-corrected chi connectivity index (χ1v) is 12.8. The highest BCUT2D eigenvalue weighted by Gasteiger charge is 2.25. The molecule has 0 atom stereocenters. The van der Waals surface area contributed by atoms with Gasteiger partial charge in [0.1, 0.15) is 0 Å². The van der Waals surface area contributed by atoms with Crippen LogP contribution < -0.4 is 9.47 Å². The summed E-state index contributed by atoms with van der Waals surface area (Å²) in [4.78, 5) is 5.72. The first-order valence-electron chi connectivity index (χ1n) is 10.9. The fourth-order valence-corrected chi connectivity index (χ4v) is 5.70. The van der Waals surface area contributed by atoms with Crippen molar-refractivity contribution in [3.8, 4) is 33.6 Å². The van der Waals surface area contributed by atoms with Crippen molar-refractivity contribution in [3.63, 3.8) is 0 Å². The maximum absolute atomic E-state index is 5.53. The summed E-state index contributed by atoms with van der Waals surface area (Å²) >= 11 is 3.28. The summed E-state index contributed by atoms with van der Waals surface area (Å²) in [5.41, 5.74) is 0.804. The number of hydrogen-bond acceptors (Lipinski definition) is 9. The molecule has 0 bridgehead atoms. The standard InChI is InChI=1S/C23H25N5O3S2/c1-29-17-11-10-15(13-18(17)30-2)21-24-20(31-27-21)14-33-23-26-25-22(19-9-6-12-32-19)28(23)16-7-4-3-5-8-16/h6,9-13,16H,3-5,7-8,14H2,1-2H3. The lowest BCUT2D eigenvalue weighted by Gasteiger charge is -2.25. The van der Waals surface area contributed by atoms with Crippen LogP contribution in [0.3, 0.4) is 0 Å². The zero-order chi connectivity index (χ0) is 22.6. The Hall–Kier alpha value is -2.85. The van der Waals surface area contributed by atoms with Gasteiger partial charge in [0.25, 0.3) is 0 Å². The van der Waals surface area contributed by atoms with Crippen LogP contribution in [0.5, 0.6) is 11.5 Å². The molecule has 0 aliphatic heterocycles. The second-order valence-electron chi connectivity index (χ2n) is 7.82. The Morgan fingerprint density at radius 1 is 1.09 bits per heavy atom. The number of methoxy groups -OCH3 is 2. The maximum atomic E-state index is 5.53. The molecule has 0 unspecified atom stereocenters. The summed E-state index contributed by atoms with van der Waals surface area (Å²) in [6.07, 6.45) is 6.11. The van der Waals surface area contributed by atoms with E-state index in [1.54, 1.807) is 37.3 Å². The largest absolute Gasteiger partial charge is 0.493 e. The average Bonchev–Trinajstić information content (AvgIpc) is 3.63. The number of aromatic nitrogens is 5. The van der Waals surface area contributed by atoms with E-state index >= 15 is 0 Å². The highest BCUT2D eigenvalue weighted by atomic mass is 32.2. The lowest BCUT2D eigenvalue weighted by molar-refractivity contribution is 0.339. The van der Waals surface area contributed by atoms with E-state index in [-0.39, 0.29) is 0 Å². The number of thioether (sulfide) groups is 1. The molecule has 1 fully saturated rings. The van der Waals surface area contributed by atoms with Crippen molar-refractivity contribution in [2.24, 2.45) is 0 Å². The first kappa shape index (κ1) is 22.0. The van der Waals surface area contributed by atoms with Crippen molar-refractivity contribution in [2.75, 3.05) is 14.2 Å². The normalized spacial score (nSPS) is 14.5. The van der Waals surface area contributed by atoms with Crippen LogP contribution in [0.4, 0.5) is 0 Å². The molecule has 4 aromatic rings. The number of rotatable bonds is 8. The zero-order valence-corrected chi connectivity index (χ0v) is 20.2. The third-order valence-corrected chi connectivity index (χ3v) is 7.57. The molecule has 10 heteroatoms. The molecule has 8 nitrogen and oxygen atoms in total. The van der Waals surface area contributed by atoms with Crippen molar-refractivity contribution in [2.45, 2.75) is 49.1 Å². The Balaban J connectivity index is 1.36. The van der Waals surface area contributed by atoms with Crippen LogP contribution in [0.15, 0.2) is 45.4 Å². The van der Waals surface area contributed by atoms with Crippen LogP contribution in [-0.4, -0.2) is 39.1 Å². The van der Waals surface area contributed by atoms with Crippen LogP contribution in [0.2, 0.25) is 0 Å². The quantitative estimate of drug-likeness (QED) is 0.288. The molecule has 3 heterocycles. The Labute approximate surface area is 200 Å². The van der Waals surface area contributed by atoms with E-state index in [1.165, 1.54) is 19.3 Å². The van der Waals surface area contributed by atoms with Crippen molar-refractivity contribution in [3.05, 3.63) is 41.6 Å². The number of thiophene rings is 1. The molecule has 3 aromatic heterocycles. The van der Waals surface area contributed by atoms with Gasteiger partial charge in [-0.3, -0.25) is 4.57 Å². The van der Waals surface area contributed by atoms with Crippen LogP contribution in [0.1, 0.15) is 44.0 Å². The van der Waals surface area contributed by atoms with Gasteiger partial charge in [-0.2, -0.15) is 4.98 Å². The van der Waals surface area contributed by atoms with Gasteiger partial charge in [0.2, 0.25) is 11.7 Å². The van der Waals surface area contributed by atoms with Gasteiger partial charge in [0, 0.05) is 11.6 Å². The predicted molar refractivity (Wildman–Crippen MR) is 128 cm³/mol. The summed E-state index contributed by atoms with van der Waals surface area (Å²) in [7, 11) is 3.21. The molecule has 1 saturated carbocycles. The van der Waals surface area contributed by atoms with Crippen molar-refractivity contribution in [1.82, 2.24) is 24.9 Å². The van der Waals surface area contributed by atoms with Gasteiger partial charge in [0.15, 0.2) is 22.5 Å². The monoisotopic (exact) mass is 483 g/mol. The smallest absolute Gasteiger partial charge is 0.237 e. The van der Waals surface area contributed by atoms with Gasteiger partial charge in [-0.15, -0.1) is 21.5 Å². The van der Waals surface area contributed by atoms with Crippen molar-refractivity contribution >= 4 is 23.1 Å². The van der Waals surface area contributed by atoms with Gasteiger partial charge in [-0.25, -0.2) is 0 Å². The van der Waals surface area contributed by atoms with Gasteiger partial charge < -0.3 is 14.0 Å². The highest BCUT2D eigenvalue weighted by molar-refractivity contribution is 7.98. The molecule has 0 N–H and O–H groups in total. The summed E-state index contributed by atoms with van der Waals surface area (Å²) in [5, 5.41) is 16.2. The molecule has 1 aromatic carbocycles. The fourth-order valence-electron chi connectivity index (χ4n) is 4.15. The topological polar surface area (TPSA) is 88.1 Å². The zero-order valence-electron chi connectivity index (χ0n) is 18.6. The van der Waals surface area contributed by atoms with E-state index in [9.17, 15) is 0 Å². The molecule has 0 spiro atoms. The molecule has 0 amide bonds. The van der Waals surface area contributed by atoms with Crippen molar-refractivity contribution < 1.29 is 14.0 Å². The number of nitrogens with zero attached hydrogens (tertiary/aromatic N) is 5. The average molecular weight is 484 g/mol. The van der Waals surface area contributed by atoms with Gasteiger partial charge in [-0.1, -0.05) is 42.2 Å². The number of benzene rings is 1. The molecular formula is C23H25N5O3S2. The summed E-state index contributed by atoms with van der Waals surface area (Å²) in [6, 6.07) is 10.1. The lowest BCUT2D eigenvalue weighted by atomic mass is 9.95. The van der Waals surface area contributed by atoms with E-state index in [4.69, 9.17) is 14.0 Å². The van der Waals surface area contributed by atoms with Crippen LogP contribution in [0, 0.1) is 0 Å². The van der Waals surface area contributed by atoms with Gasteiger partial charge in [0.05, 0.1) is 24.8 Å². The minimum absolute atomic E-state index is 0.429. The maximum Gasteiger partial charge on any atom is 0.237 e. The summed E-state index contributed by atoms with van der Waals surface area (Å²) < 4.78 is 18.5. The highest BCUT2D eigenvalue weighted by Crippen LogP contribution is 2.37. The summed E-state index contributed by atoms with van der Waals surface area (Å²) in [6.45, 7) is 0. The van der Waals surface area contributed by atoms with Crippen LogP contribution >= 0.6 is 23.1 Å². The molecular weight excluding hydrogens is 458 g/mol. The number of ether oxygens (including phenoxy) is 2. The second kappa shape index (κ2) is 9.96.